The molecule has 0 saturated heterocycles. The highest BCUT2D eigenvalue weighted by Crippen LogP contribution is 2.28. The first-order valence-corrected chi connectivity index (χ1v) is 8.36. The zero-order valence-electron chi connectivity index (χ0n) is 13.5. The summed E-state index contributed by atoms with van der Waals surface area (Å²) in [7, 11) is 0. The Kier molecular flexibility index (Phi) is 4.05. The van der Waals surface area contributed by atoms with E-state index in [0.29, 0.717) is 0 Å². The third kappa shape index (κ3) is 2.69. The maximum Gasteiger partial charge on any atom is 0.202 e. The number of rotatable bonds is 4. The van der Waals surface area contributed by atoms with Crippen molar-refractivity contribution in [1.82, 2.24) is 9.88 Å². The summed E-state index contributed by atoms with van der Waals surface area (Å²) < 4.78 is 7.97. The van der Waals surface area contributed by atoms with Crippen LogP contribution in [0.25, 0.3) is 10.9 Å². The van der Waals surface area contributed by atoms with E-state index in [-0.39, 0.29) is 12.4 Å². The van der Waals surface area contributed by atoms with E-state index in [1.165, 1.54) is 0 Å². The summed E-state index contributed by atoms with van der Waals surface area (Å²) >= 11 is 0. The average molecular weight is 320 g/mol. The number of carbonyl (C=O) groups is 1. The SMILES string of the molecule is O=C(COc1ccccc1)c1c2n(c3ccccc13)CCNCC2. The fourth-order valence-corrected chi connectivity index (χ4v) is 3.44. The molecule has 0 fully saturated rings. The molecule has 0 unspecified atom stereocenters. The number of ether oxygens (including phenoxy) is 1. The number of benzene rings is 2. The van der Waals surface area contributed by atoms with Crippen molar-refractivity contribution in [2.45, 2.75) is 13.0 Å². The van der Waals surface area contributed by atoms with Crippen LogP contribution in [-0.2, 0) is 13.0 Å². The van der Waals surface area contributed by atoms with Crippen LogP contribution in [0, 0.1) is 0 Å². The lowest BCUT2D eigenvalue weighted by Gasteiger charge is -2.08. The van der Waals surface area contributed by atoms with Gasteiger partial charge in [0.15, 0.2) is 6.61 Å². The average Bonchev–Trinajstić information content (AvgIpc) is 2.77. The van der Waals surface area contributed by atoms with Gasteiger partial charge in [-0.2, -0.15) is 0 Å². The van der Waals surface area contributed by atoms with Crippen LogP contribution >= 0.6 is 0 Å². The molecule has 3 aromatic rings. The lowest BCUT2D eigenvalue weighted by molar-refractivity contribution is 0.0922. The minimum Gasteiger partial charge on any atom is -0.485 e. The maximum absolute atomic E-state index is 12.9. The Balaban J connectivity index is 1.70. The van der Waals surface area contributed by atoms with Crippen LogP contribution in [-0.4, -0.2) is 30.0 Å². The summed E-state index contributed by atoms with van der Waals surface area (Å²) in [5.41, 5.74) is 3.09. The molecule has 2 heterocycles. The number of carbonyl (C=O) groups excluding carboxylic acids is 1. The monoisotopic (exact) mass is 320 g/mol. The first kappa shape index (κ1) is 15.0. The molecule has 0 aliphatic carbocycles. The van der Waals surface area contributed by atoms with Gasteiger partial charge in [-0.1, -0.05) is 36.4 Å². The summed E-state index contributed by atoms with van der Waals surface area (Å²) in [6.45, 7) is 2.79. The Hall–Kier alpha value is -2.59. The predicted octanol–water partition coefficient (Wildman–Crippen LogP) is 3.05. The number of nitrogens with one attached hydrogen (secondary N) is 1. The molecule has 4 rings (SSSR count). The van der Waals surface area contributed by atoms with Crippen LogP contribution in [0.5, 0.6) is 5.75 Å². The Morgan fingerprint density at radius 1 is 1.04 bits per heavy atom. The molecular weight excluding hydrogens is 300 g/mol. The summed E-state index contributed by atoms with van der Waals surface area (Å²) in [5.74, 6) is 0.771. The highest BCUT2D eigenvalue weighted by Gasteiger charge is 2.23. The Morgan fingerprint density at radius 3 is 2.71 bits per heavy atom. The molecule has 4 nitrogen and oxygen atoms in total. The lowest BCUT2D eigenvalue weighted by Crippen LogP contribution is -2.17. The number of fused-ring (bicyclic) bond motifs is 3. The fourth-order valence-electron chi connectivity index (χ4n) is 3.44. The molecule has 2 aromatic carbocycles. The van der Waals surface area contributed by atoms with Crippen molar-refractivity contribution in [2.24, 2.45) is 0 Å². The lowest BCUT2D eigenvalue weighted by atomic mass is 10.1. The standard InChI is InChI=1S/C20H20N2O2/c23-19(14-24-15-6-2-1-3-7-15)20-16-8-4-5-9-17(16)22-13-12-21-11-10-18(20)22/h1-9,21H,10-14H2. The first-order chi connectivity index (χ1) is 11.8. The van der Waals surface area contributed by atoms with Crippen molar-refractivity contribution in [3.05, 3.63) is 65.9 Å². The van der Waals surface area contributed by atoms with E-state index < -0.39 is 0 Å². The van der Waals surface area contributed by atoms with Gasteiger partial charge in [0.2, 0.25) is 5.78 Å². The van der Waals surface area contributed by atoms with Gasteiger partial charge in [0.25, 0.3) is 0 Å². The summed E-state index contributed by atoms with van der Waals surface area (Å²) in [6.07, 6.45) is 0.862. The molecule has 0 atom stereocenters. The smallest absolute Gasteiger partial charge is 0.202 e. The van der Waals surface area contributed by atoms with Gasteiger partial charge >= 0.3 is 0 Å². The zero-order valence-corrected chi connectivity index (χ0v) is 13.5. The van der Waals surface area contributed by atoms with Crippen LogP contribution < -0.4 is 10.1 Å². The Labute approximate surface area is 141 Å². The molecule has 122 valence electrons. The second kappa shape index (κ2) is 6.49. The molecule has 24 heavy (non-hydrogen) atoms. The Bertz CT molecular complexity index is 868. The highest BCUT2D eigenvalue weighted by atomic mass is 16.5. The summed E-state index contributed by atoms with van der Waals surface area (Å²) in [6, 6.07) is 17.7. The van der Waals surface area contributed by atoms with E-state index in [4.69, 9.17) is 4.74 Å². The molecule has 4 heteroatoms. The van der Waals surface area contributed by atoms with E-state index in [0.717, 1.165) is 54.0 Å². The van der Waals surface area contributed by atoms with Gasteiger partial charge in [-0.3, -0.25) is 4.79 Å². The number of para-hydroxylation sites is 2. The molecule has 0 radical (unpaired) electrons. The molecule has 1 aliphatic rings. The van der Waals surface area contributed by atoms with E-state index in [1.807, 2.05) is 48.5 Å². The van der Waals surface area contributed by atoms with Crippen molar-refractivity contribution in [1.29, 1.82) is 0 Å². The number of nitrogens with zero attached hydrogens (tertiary/aromatic N) is 1. The van der Waals surface area contributed by atoms with Gasteiger partial charge in [-0.05, 0) is 18.2 Å². The molecule has 0 bridgehead atoms. The van der Waals surface area contributed by atoms with Crippen LogP contribution in [0.1, 0.15) is 16.1 Å². The maximum atomic E-state index is 12.9. The van der Waals surface area contributed by atoms with Crippen molar-refractivity contribution in [2.75, 3.05) is 19.7 Å². The number of aromatic nitrogens is 1. The number of hydrogen-bond donors (Lipinski definition) is 1. The first-order valence-electron chi connectivity index (χ1n) is 8.36. The number of Topliss-reactive ketones (excluding diaryl/α,β-unsaturated/α-hetero) is 1. The van der Waals surface area contributed by atoms with E-state index >= 15 is 0 Å². The van der Waals surface area contributed by atoms with Crippen molar-refractivity contribution in [3.8, 4) is 5.75 Å². The molecule has 0 amide bonds. The van der Waals surface area contributed by atoms with Gasteiger partial charge in [0, 0.05) is 42.7 Å². The van der Waals surface area contributed by atoms with Gasteiger partial charge < -0.3 is 14.6 Å². The van der Waals surface area contributed by atoms with Gasteiger partial charge in [-0.15, -0.1) is 0 Å². The Morgan fingerprint density at radius 2 is 1.83 bits per heavy atom. The van der Waals surface area contributed by atoms with E-state index in [9.17, 15) is 4.79 Å². The van der Waals surface area contributed by atoms with Crippen molar-refractivity contribution >= 4 is 16.7 Å². The summed E-state index contributed by atoms with van der Waals surface area (Å²) in [5, 5.41) is 4.44. The van der Waals surface area contributed by atoms with Gasteiger partial charge in [0.05, 0.1) is 5.56 Å². The van der Waals surface area contributed by atoms with Crippen molar-refractivity contribution < 1.29 is 9.53 Å². The van der Waals surface area contributed by atoms with Crippen molar-refractivity contribution in [3.63, 3.8) is 0 Å². The zero-order chi connectivity index (χ0) is 16.4. The minimum atomic E-state index is 0.0469. The number of hydrogen-bond acceptors (Lipinski definition) is 3. The molecule has 0 spiro atoms. The molecule has 1 aromatic heterocycles. The van der Waals surface area contributed by atoms with Crippen LogP contribution in [0.15, 0.2) is 54.6 Å². The quantitative estimate of drug-likeness (QED) is 0.751. The van der Waals surface area contributed by atoms with Crippen LogP contribution in [0.3, 0.4) is 0 Å². The molecule has 1 N–H and O–H groups in total. The molecular formula is C20H20N2O2. The van der Waals surface area contributed by atoms with Crippen LogP contribution in [0.4, 0.5) is 0 Å². The second-order valence-corrected chi connectivity index (χ2v) is 6.02. The predicted molar refractivity (Wildman–Crippen MR) is 94.8 cm³/mol. The largest absolute Gasteiger partial charge is 0.485 e. The minimum absolute atomic E-state index is 0.0469. The van der Waals surface area contributed by atoms with E-state index in [2.05, 4.69) is 16.0 Å². The topological polar surface area (TPSA) is 43.3 Å². The fraction of sp³-hybridized carbons (Fsp3) is 0.250. The third-order valence-corrected chi connectivity index (χ3v) is 4.52. The van der Waals surface area contributed by atoms with E-state index in [1.54, 1.807) is 0 Å². The third-order valence-electron chi connectivity index (χ3n) is 4.52. The highest BCUT2D eigenvalue weighted by molar-refractivity contribution is 6.10. The van der Waals surface area contributed by atoms with Gasteiger partial charge in [-0.25, -0.2) is 0 Å². The normalized spacial score (nSPS) is 14.2. The number of ketones is 1. The summed E-state index contributed by atoms with van der Waals surface area (Å²) in [4.78, 5) is 12.9. The van der Waals surface area contributed by atoms with Crippen LogP contribution in [0.2, 0.25) is 0 Å². The molecule has 1 aliphatic heterocycles. The van der Waals surface area contributed by atoms with Gasteiger partial charge in [0.1, 0.15) is 5.75 Å². The molecule has 0 saturated carbocycles. The second-order valence-electron chi connectivity index (χ2n) is 6.02.